The summed E-state index contributed by atoms with van der Waals surface area (Å²) < 4.78 is 10.4. The number of guanidine groups is 2. The van der Waals surface area contributed by atoms with Gasteiger partial charge in [0, 0.05) is 12.8 Å². The van der Waals surface area contributed by atoms with E-state index in [1.165, 1.54) is 44.1 Å². The van der Waals surface area contributed by atoms with Gasteiger partial charge in [0.2, 0.25) is 0 Å². The molecule has 2 aromatic carbocycles. The highest BCUT2D eigenvalue weighted by atomic mass is 16.5. The van der Waals surface area contributed by atoms with Gasteiger partial charge < -0.3 is 31.6 Å². The Labute approximate surface area is 248 Å². The van der Waals surface area contributed by atoms with E-state index in [0.29, 0.717) is 11.9 Å². The molecule has 2 aliphatic carbocycles. The van der Waals surface area contributed by atoms with Crippen LogP contribution < -0.4 is 31.6 Å². The van der Waals surface area contributed by atoms with Crippen LogP contribution >= 0.6 is 0 Å². The lowest BCUT2D eigenvalue weighted by Crippen LogP contribution is -2.47. The molecule has 10 heteroatoms. The maximum Gasteiger partial charge on any atom is 0.196 e. The zero-order valence-electron chi connectivity index (χ0n) is 24.9. The number of ether oxygens (including phenoxy) is 2. The van der Waals surface area contributed by atoms with Crippen LogP contribution in [0.1, 0.15) is 75.3 Å². The topological polar surface area (TPSA) is 144 Å². The van der Waals surface area contributed by atoms with Crippen molar-refractivity contribution >= 4 is 23.6 Å². The number of amidine groups is 2. The van der Waals surface area contributed by atoms with Crippen LogP contribution in [-0.2, 0) is 12.8 Å². The van der Waals surface area contributed by atoms with Gasteiger partial charge in [-0.3, -0.25) is 0 Å². The first-order valence-electron chi connectivity index (χ1n) is 15.1. The van der Waals surface area contributed by atoms with Gasteiger partial charge in [-0.1, -0.05) is 37.1 Å². The molecule has 6 rings (SSSR count). The van der Waals surface area contributed by atoms with Crippen LogP contribution in [0.3, 0.4) is 0 Å². The number of hydrogen-bond donors (Lipinski definition) is 4. The lowest BCUT2D eigenvalue weighted by Gasteiger charge is -2.34. The van der Waals surface area contributed by atoms with Gasteiger partial charge in [0.25, 0.3) is 0 Å². The maximum atomic E-state index is 5.97. The van der Waals surface area contributed by atoms with Crippen molar-refractivity contribution in [1.82, 2.24) is 10.6 Å². The standard InChI is InChI=1S/2C16H22N4O/c1-21-13-7-5-12(6-8-13)11-14-18-15(17)20-16(19-14)9-3-2-4-10-16;1-21-13-7-5-6-12(10-13)11-14-18-15(17)20-16(19-14)8-3-2-4-9-16/h5-8H,2-4,9-11H2,1H3,(H3,17,18,19,20);5-7,10H,2-4,8-9,11H2,1H3,(H3,17,18,19,20). The minimum absolute atomic E-state index is 0.310. The SMILES string of the molecule is COc1ccc(CC2=NC3(CCCCC3)N=C(N)N2)cc1.COc1cccc(CC2=NC3(CCCCC3)N=C(N)N2)c1. The van der Waals surface area contributed by atoms with Crippen molar-refractivity contribution in [1.29, 1.82) is 0 Å². The van der Waals surface area contributed by atoms with Crippen LogP contribution in [0.15, 0.2) is 68.5 Å². The summed E-state index contributed by atoms with van der Waals surface area (Å²) in [5.74, 6) is 4.52. The highest BCUT2D eigenvalue weighted by Gasteiger charge is 2.35. The number of nitrogens with two attached hydrogens (primary N) is 2. The number of rotatable bonds is 6. The molecule has 2 spiro atoms. The van der Waals surface area contributed by atoms with Gasteiger partial charge in [-0.15, -0.1) is 0 Å². The summed E-state index contributed by atoms with van der Waals surface area (Å²) >= 11 is 0. The smallest absolute Gasteiger partial charge is 0.196 e. The molecule has 0 atom stereocenters. The summed E-state index contributed by atoms with van der Waals surface area (Å²) in [4.78, 5) is 18.9. The quantitative estimate of drug-likeness (QED) is 0.403. The highest BCUT2D eigenvalue weighted by molar-refractivity contribution is 6.02. The van der Waals surface area contributed by atoms with Crippen molar-refractivity contribution < 1.29 is 9.47 Å². The minimum atomic E-state index is -0.318. The molecule has 2 saturated carbocycles. The Kier molecular flexibility index (Phi) is 9.29. The normalized spacial score (nSPS) is 20.4. The molecule has 0 unspecified atom stereocenters. The Bertz CT molecular complexity index is 1340. The Hall–Kier alpha value is -4.08. The predicted molar refractivity (Wildman–Crippen MR) is 169 cm³/mol. The van der Waals surface area contributed by atoms with Crippen LogP contribution in [0.2, 0.25) is 0 Å². The van der Waals surface area contributed by atoms with Gasteiger partial charge in [0.15, 0.2) is 23.2 Å². The fourth-order valence-electron chi connectivity index (χ4n) is 6.17. The lowest BCUT2D eigenvalue weighted by molar-refractivity contribution is 0.306. The Balaban J connectivity index is 0.000000168. The van der Waals surface area contributed by atoms with Crippen LogP contribution in [0, 0.1) is 0 Å². The minimum Gasteiger partial charge on any atom is -0.497 e. The van der Waals surface area contributed by atoms with Gasteiger partial charge in [0.05, 0.1) is 14.2 Å². The summed E-state index contributed by atoms with van der Waals surface area (Å²) in [5, 5.41) is 6.22. The van der Waals surface area contributed by atoms with E-state index in [2.05, 4.69) is 38.8 Å². The molecule has 0 aromatic heterocycles. The van der Waals surface area contributed by atoms with Crippen molar-refractivity contribution in [2.75, 3.05) is 14.2 Å². The zero-order chi connectivity index (χ0) is 29.4. The molecule has 0 radical (unpaired) electrons. The largest absolute Gasteiger partial charge is 0.497 e. The molecule has 224 valence electrons. The van der Waals surface area contributed by atoms with E-state index in [1.54, 1.807) is 14.2 Å². The maximum absolute atomic E-state index is 5.97. The third-order valence-corrected chi connectivity index (χ3v) is 8.23. The average molecular weight is 573 g/mol. The second-order valence-corrected chi connectivity index (χ2v) is 11.5. The summed E-state index contributed by atoms with van der Waals surface area (Å²) in [6.45, 7) is 0. The van der Waals surface area contributed by atoms with E-state index < -0.39 is 0 Å². The van der Waals surface area contributed by atoms with Crippen LogP contribution in [0.5, 0.6) is 11.5 Å². The Morgan fingerprint density at radius 3 is 1.62 bits per heavy atom. The van der Waals surface area contributed by atoms with Crippen molar-refractivity contribution in [3.63, 3.8) is 0 Å². The van der Waals surface area contributed by atoms with Gasteiger partial charge in [-0.25, -0.2) is 20.0 Å². The van der Waals surface area contributed by atoms with Crippen LogP contribution in [0.4, 0.5) is 0 Å². The summed E-state index contributed by atoms with van der Waals surface area (Å²) in [5.41, 5.74) is 13.7. The molecule has 2 aliphatic heterocycles. The third kappa shape index (κ3) is 7.60. The predicted octanol–water partition coefficient (Wildman–Crippen LogP) is 4.43. The van der Waals surface area contributed by atoms with Crippen LogP contribution in [-0.4, -0.2) is 49.1 Å². The first kappa shape index (κ1) is 29.4. The molecule has 4 aliphatic rings. The Morgan fingerprint density at radius 1 is 0.619 bits per heavy atom. The molecule has 42 heavy (non-hydrogen) atoms. The summed E-state index contributed by atoms with van der Waals surface area (Å²) in [6.07, 6.45) is 12.7. The van der Waals surface area contributed by atoms with E-state index in [-0.39, 0.29) is 11.3 Å². The van der Waals surface area contributed by atoms with Crippen LogP contribution in [0.25, 0.3) is 0 Å². The second-order valence-electron chi connectivity index (χ2n) is 11.5. The fourth-order valence-corrected chi connectivity index (χ4v) is 6.17. The van der Waals surface area contributed by atoms with E-state index in [4.69, 9.17) is 30.9 Å². The third-order valence-electron chi connectivity index (χ3n) is 8.23. The molecule has 2 fully saturated rings. The zero-order valence-corrected chi connectivity index (χ0v) is 24.9. The molecule has 2 heterocycles. The van der Waals surface area contributed by atoms with E-state index in [9.17, 15) is 0 Å². The number of methoxy groups -OCH3 is 2. The molecule has 0 saturated heterocycles. The van der Waals surface area contributed by atoms with Gasteiger partial charge in [-0.05, 0) is 86.8 Å². The number of benzene rings is 2. The molecular weight excluding hydrogens is 528 g/mol. The fraction of sp³-hybridized carbons (Fsp3) is 0.500. The average Bonchev–Trinajstić information content (AvgIpc) is 2.98. The molecular formula is C32H44N8O2. The van der Waals surface area contributed by atoms with Crippen molar-refractivity contribution in [2.24, 2.45) is 31.4 Å². The van der Waals surface area contributed by atoms with Gasteiger partial charge >= 0.3 is 0 Å². The first-order chi connectivity index (χ1) is 20.4. The molecule has 0 bridgehead atoms. The monoisotopic (exact) mass is 572 g/mol. The lowest BCUT2D eigenvalue weighted by atomic mass is 9.89. The molecule has 0 amide bonds. The highest BCUT2D eigenvalue weighted by Crippen LogP contribution is 2.35. The number of aliphatic imine (C=N–C) groups is 4. The van der Waals surface area contributed by atoms with E-state index in [0.717, 1.165) is 67.3 Å². The number of nitrogens with zero attached hydrogens (tertiary/aromatic N) is 4. The summed E-state index contributed by atoms with van der Waals surface area (Å²) in [7, 11) is 3.35. The second kappa shape index (κ2) is 13.3. The molecule has 10 nitrogen and oxygen atoms in total. The number of nitrogens with one attached hydrogen (secondary N) is 2. The first-order valence-corrected chi connectivity index (χ1v) is 15.1. The Morgan fingerprint density at radius 2 is 1.12 bits per heavy atom. The summed E-state index contributed by atoms with van der Waals surface area (Å²) in [6, 6.07) is 16.1. The number of hydrogen-bond acceptors (Lipinski definition) is 10. The van der Waals surface area contributed by atoms with E-state index >= 15 is 0 Å². The van der Waals surface area contributed by atoms with E-state index in [1.807, 2.05) is 30.3 Å². The van der Waals surface area contributed by atoms with Crippen molar-refractivity contribution in [3.05, 3.63) is 59.7 Å². The van der Waals surface area contributed by atoms with Crippen molar-refractivity contribution in [2.45, 2.75) is 88.4 Å². The van der Waals surface area contributed by atoms with Gasteiger partial charge in [0.1, 0.15) is 23.2 Å². The molecule has 2 aromatic rings. The van der Waals surface area contributed by atoms with Crippen molar-refractivity contribution in [3.8, 4) is 11.5 Å². The molecule has 6 N–H and O–H groups in total. The van der Waals surface area contributed by atoms with Gasteiger partial charge in [-0.2, -0.15) is 0 Å².